The molecule has 0 saturated carbocycles. The standard InChI is InChI=1S/C18H16N2O/c1-13-8-10-15(11-9-13)17-12-14(2)19-18(21)20(17)16-6-4-3-5-7-16/h3-12H,1-2H3. The summed E-state index contributed by atoms with van der Waals surface area (Å²) >= 11 is 0. The van der Waals surface area contributed by atoms with Gasteiger partial charge in [-0.3, -0.25) is 4.57 Å². The van der Waals surface area contributed by atoms with Gasteiger partial charge in [-0.15, -0.1) is 0 Å². The predicted molar refractivity (Wildman–Crippen MR) is 84.7 cm³/mol. The minimum absolute atomic E-state index is 0.253. The van der Waals surface area contributed by atoms with E-state index in [4.69, 9.17) is 0 Å². The van der Waals surface area contributed by atoms with Crippen molar-refractivity contribution in [1.29, 1.82) is 0 Å². The van der Waals surface area contributed by atoms with Crippen molar-refractivity contribution in [3.05, 3.63) is 82.4 Å². The highest BCUT2D eigenvalue weighted by molar-refractivity contribution is 5.62. The molecule has 3 rings (SSSR count). The largest absolute Gasteiger partial charge is 0.352 e. The molecule has 21 heavy (non-hydrogen) atoms. The Labute approximate surface area is 123 Å². The van der Waals surface area contributed by atoms with E-state index in [0.717, 1.165) is 22.6 Å². The van der Waals surface area contributed by atoms with Gasteiger partial charge in [0.2, 0.25) is 0 Å². The summed E-state index contributed by atoms with van der Waals surface area (Å²) in [6.45, 7) is 3.89. The monoisotopic (exact) mass is 276 g/mol. The summed E-state index contributed by atoms with van der Waals surface area (Å²) in [5.74, 6) is 0. The molecule has 0 amide bonds. The highest BCUT2D eigenvalue weighted by Gasteiger charge is 2.10. The molecule has 3 aromatic rings. The summed E-state index contributed by atoms with van der Waals surface area (Å²) in [4.78, 5) is 16.4. The molecule has 0 unspecified atom stereocenters. The first-order valence-electron chi connectivity index (χ1n) is 6.88. The van der Waals surface area contributed by atoms with Crippen LogP contribution >= 0.6 is 0 Å². The molecule has 0 radical (unpaired) electrons. The molecule has 0 saturated heterocycles. The first kappa shape index (κ1) is 13.3. The lowest BCUT2D eigenvalue weighted by atomic mass is 10.1. The van der Waals surface area contributed by atoms with Gasteiger partial charge in [-0.1, -0.05) is 48.0 Å². The molecule has 0 fully saturated rings. The molecule has 3 heteroatoms. The number of nitrogens with zero attached hydrogens (tertiary/aromatic N) is 2. The van der Waals surface area contributed by atoms with E-state index in [-0.39, 0.29) is 5.69 Å². The molecule has 0 aliphatic rings. The number of para-hydroxylation sites is 1. The zero-order valence-corrected chi connectivity index (χ0v) is 12.1. The van der Waals surface area contributed by atoms with E-state index in [9.17, 15) is 4.79 Å². The van der Waals surface area contributed by atoms with E-state index in [1.165, 1.54) is 5.56 Å². The molecule has 1 aromatic heterocycles. The second-order valence-corrected chi connectivity index (χ2v) is 5.10. The van der Waals surface area contributed by atoms with E-state index in [1.54, 1.807) is 4.57 Å². The Morgan fingerprint density at radius 2 is 1.57 bits per heavy atom. The van der Waals surface area contributed by atoms with Crippen LogP contribution in [0.5, 0.6) is 0 Å². The lowest BCUT2D eigenvalue weighted by molar-refractivity contribution is 0.902. The zero-order valence-electron chi connectivity index (χ0n) is 12.1. The van der Waals surface area contributed by atoms with E-state index in [0.29, 0.717) is 0 Å². The molecule has 0 aliphatic carbocycles. The summed E-state index contributed by atoms with van der Waals surface area (Å²) in [5.41, 5.74) is 4.36. The average molecular weight is 276 g/mol. The average Bonchev–Trinajstić information content (AvgIpc) is 2.48. The van der Waals surface area contributed by atoms with Crippen LogP contribution in [0.15, 0.2) is 65.5 Å². The number of rotatable bonds is 2. The molecule has 0 N–H and O–H groups in total. The van der Waals surface area contributed by atoms with Gasteiger partial charge < -0.3 is 0 Å². The third-order valence-corrected chi connectivity index (χ3v) is 3.41. The summed E-state index contributed by atoms with van der Waals surface area (Å²) in [6.07, 6.45) is 0. The molecule has 1 heterocycles. The van der Waals surface area contributed by atoms with Gasteiger partial charge in [0.15, 0.2) is 0 Å². The molecule has 0 bridgehead atoms. The highest BCUT2D eigenvalue weighted by Crippen LogP contribution is 2.22. The van der Waals surface area contributed by atoms with Crippen molar-refractivity contribution >= 4 is 0 Å². The second kappa shape index (κ2) is 5.37. The first-order chi connectivity index (χ1) is 10.1. The fourth-order valence-corrected chi connectivity index (χ4v) is 2.36. The van der Waals surface area contributed by atoms with Gasteiger partial charge in [0, 0.05) is 5.69 Å². The SMILES string of the molecule is Cc1ccc(-c2cc(C)nc(=O)n2-c2ccccc2)cc1. The number of hydrogen-bond acceptors (Lipinski definition) is 2. The Morgan fingerprint density at radius 3 is 2.24 bits per heavy atom. The van der Waals surface area contributed by atoms with Gasteiger partial charge >= 0.3 is 5.69 Å². The lowest BCUT2D eigenvalue weighted by Crippen LogP contribution is -2.23. The van der Waals surface area contributed by atoms with Crippen molar-refractivity contribution < 1.29 is 0 Å². The summed E-state index contributed by atoms with van der Waals surface area (Å²) in [5, 5.41) is 0. The van der Waals surface area contributed by atoms with Crippen LogP contribution in [0.3, 0.4) is 0 Å². The van der Waals surface area contributed by atoms with Crippen LogP contribution in [0.1, 0.15) is 11.3 Å². The van der Waals surface area contributed by atoms with Gasteiger partial charge in [0.25, 0.3) is 0 Å². The van der Waals surface area contributed by atoms with Crippen molar-refractivity contribution in [3.63, 3.8) is 0 Å². The van der Waals surface area contributed by atoms with Gasteiger partial charge in [0.1, 0.15) is 0 Å². The Kier molecular flexibility index (Phi) is 3.40. The van der Waals surface area contributed by atoms with Crippen LogP contribution in [0.4, 0.5) is 0 Å². The lowest BCUT2D eigenvalue weighted by Gasteiger charge is -2.13. The summed E-state index contributed by atoms with van der Waals surface area (Å²) in [6, 6.07) is 19.7. The fraction of sp³-hybridized carbons (Fsp3) is 0.111. The normalized spacial score (nSPS) is 10.6. The maximum absolute atomic E-state index is 12.4. The van der Waals surface area contributed by atoms with Crippen LogP contribution < -0.4 is 5.69 Å². The minimum atomic E-state index is -0.253. The molecule has 104 valence electrons. The molecular formula is C18H16N2O. The predicted octanol–water partition coefficient (Wildman–Crippen LogP) is 3.52. The van der Waals surface area contributed by atoms with Crippen LogP contribution in [-0.4, -0.2) is 9.55 Å². The number of hydrogen-bond donors (Lipinski definition) is 0. The maximum atomic E-state index is 12.4. The molecule has 2 aromatic carbocycles. The van der Waals surface area contributed by atoms with Crippen molar-refractivity contribution in [2.75, 3.05) is 0 Å². The Hall–Kier alpha value is -2.68. The van der Waals surface area contributed by atoms with Crippen molar-refractivity contribution in [2.45, 2.75) is 13.8 Å². The minimum Gasteiger partial charge on any atom is -0.261 e. The van der Waals surface area contributed by atoms with Gasteiger partial charge in [-0.25, -0.2) is 4.79 Å². The van der Waals surface area contributed by atoms with Crippen molar-refractivity contribution in [3.8, 4) is 16.9 Å². The third kappa shape index (κ3) is 2.63. The third-order valence-electron chi connectivity index (χ3n) is 3.41. The van der Waals surface area contributed by atoms with E-state index < -0.39 is 0 Å². The molecule has 0 spiro atoms. The van der Waals surface area contributed by atoms with E-state index in [1.807, 2.05) is 74.5 Å². The van der Waals surface area contributed by atoms with Gasteiger partial charge in [-0.05, 0) is 37.6 Å². The maximum Gasteiger partial charge on any atom is 0.352 e. The van der Waals surface area contributed by atoms with Crippen LogP contribution in [0.2, 0.25) is 0 Å². The van der Waals surface area contributed by atoms with Crippen LogP contribution in [-0.2, 0) is 0 Å². The van der Waals surface area contributed by atoms with Gasteiger partial charge in [-0.2, -0.15) is 4.98 Å². The molecule has 3 nitrogen and oxygen atoms in total. The molecular weight excluding hydrogens is 260 g/mol. The Balaban J connectivity index is 2.29. The van der Waals surface area contributed by atoms with E-state index in [2.05, 4.69) is 4.98 Å². The fourth-order valence-electron chi connectivity index (χ4n) is 2.36. The van der Waals surface area contributed by atoms with Crippen LogP contribution in [0, 0.1) is 13.8 Å². The topological polar surface area (TPSA) is 34.9 Å². The molecule has 0 atom stereocenters. The molecule has 0 aliphatic heterocycles. The first-order valence-corrected chi connectivity index (χ1v) is 6.88. The number of aromatic nitrogens is 2. The van der Waals surface area contributed by atoms with Gasteiger partial charge in [0.05, 0.1) is 11.4 Å². The Bertz CT molecular complexity index is 818. The van der Waals surface area contributed by atoms with Crippen LogP contribution in [0.25, 0.3) is 16.9 Å². The Morgan fingerprint density at radius 1 is 0.905 bits per heavy atom. The van der Waals surface area contributed by atoms with Crippen molar-refractivity contribution in [1.82, 2.24) is 9.55 Å². The van der Waals surface area contributed by atoms with E-state index >= 15 is 0 Å². The zero-order chi connectivity index (χ0) is 14.8. The number of benzene rings is 2. The highest BCUT2D eigenvalue weighted by atomic mass is 16.1. The smallest absolute Gasteiger partial charge is 0.261 e. The summed E-state index contributed by atoms with van der Waals surface area (Å²) in [7, 11) is 0. The quantitative estimate of drug-likeness (QED) is 0.718. The number of aryl methyl sites for hydroxylation is 2. The second-order valence-electron chi connectivity index (χ2n) is 5.10. The van der Waals surface area contributed by atoms with Crippen molar-refractivity contribution in [2.24, 2.45) is 0 Å². The summed E-state index contributed by atoms with van der Waals surface area (Å²) < 4.78 is 1.65.